The molecule has 0 aliphatic heterocycles. The zero-order valence-corrected chi connectivity index (χ0v) is 11.7. The Kier molecular flexibility index (Phi) is 3.53. The van der Waals surface area contributed by atoms with Gasteiger partial charge in [-0.2, -0.15) is 0 Å². The Bertz CT molecular complexity index is 797. The Morgan fingerprint density at radius 3 is 2.68 bits per heavy atom. The Morgan fingerprint density at radius 1 is 1.23 bits per heavy atom. The Morgan fingerprint density at radius 2 is 2.09 bits per heavy atom. The number of hydrogen-bond donors (Lipinski definition) is 1. The number of aromatic nitrogens is 3. The molecule has 0 bridgehead atoms. The quantitative estimate of drug-likeness (QED) is 0.788. The van der Waals surface area contributed by atoms with E-state index >= 15 is 0 Å². The number of carbonyl (C=O) groups is 1. The summed E-state index contributed by atoms with van der Waals surface area (Å²) in [7, 11) is 1.53. The van der Waals surface area contributed by atoms with Gasteiger partial charge < -0.3 is 14.9 Å². The summed E-state index contributed by atoms with van der Waals surface area (Å²) in [5.41, 5.74) is 6.48. The molecule has 0 radical (unpaired) electrons. The predicted octanol–water partition coefficient (Wildman–Crippen LogP) is 1.91. The minimum absolute atomic E-state index is 0.0320. The molecule has 3 rings (SSSR count). The molecule has 7 nitrogen and oxygen atoms in total. The largest absolute Gasteiger partial charge is 0.481 e. The molecule has 0 unspecified atom stereocenters. The summed E-state index contributed by atoms with van der Waals surface area (Å²) in [6.07, 6.45) is 3.13. The lowest BCUT2D eigenvalue weighted by Gasteiger charge is -1.98. The van der Waals surface area contributed by atoms with Crippen LogP contribution in [0.3, 0.4) is 0 Å². The van der Waals surface area contributed by atoms with E-state index in [1.807, 2.05) is 0 Å². The summed E-state index contributed by atoms with van der Waals surface area (Å²) in [6.45, 7) is 0. The van der Waals surface area contributed by atoms with Crippen LogP contribution in [0.2, 0.25) is 0 Å². The fourth-order valence-electron chi connectivity index (χ4n) is 1.91. The van der Waals surface area contributed by atoms with Crippen LogP contribution >= 0.6 is 0 Å². The highest BCUT2D eigenvalue weighted by atomic mass is 16.5. The highest BCUT2D eigenvalue weighted by molar-refractivity contribution is 5.96. The second kappa shape index (κ2) is 5.65. The van der Waals surface area contributed by atoms with E-state index in [2.05, 4.69) is 15.0 Å². The molecule has 7 heteroatoms. The van der Waals surface area contributed by atoms with Crippen molar-refractivity contribution in [2.24, 2.45) is 5.73 Å². The number of oxazole rings is 1. The van der Waals surface area contributed by atoms with Gasteiger partial charge in [-0.25, -0.2) is 9.97 Å². The molecule has 0 aliphatic rings. The van der Waals surface area contributed by atoms with Crippen LogP contribution in [-0.2, 0) is 0 Å². The van der Waals surface area contributed by atoms with Gasteiger partial charge in [0.25, 0.3) is 5.91 Å². The monoisotopic (exact) mass is 296 g/mol. The first-order valence-corrected chi connectivity index (χ1v) is 6.41. The van der Waals surface area contributed by atoms with Gasteiger partial charge in [0.1, 0.15) is 5.69 Å². The third-order valence-electron chi connectivity index (χ3n) is 2.95. The Balaban J connectivity index is 2.08. The molecule has 0 saturated heterocycles. The van der Waals surface area contributed by atoms with Crippen LogP contribution in [0.5, 0.6) is 5.88 Å². The van der Waals surface area contributed by atoms with Crippen molar-refractivity contribution in [1.29, 1.82) is 0 Å². The molecule has 110 valence electrons. The van der Waals surface area contributed by atoms with Crippen LogP contribution in [0, 0.1) is 0 Å². The van der Waals surface area contributed by atoms with Crippen molar-refractivity contribution in [3.8, 4) is 28.8 Å². The SMILES string of the molecule is COc1ccc(-c2nc(C(N)=O)c(-c3ccccn3)o2)cn1. The molecule has 0 spiro atoms. The molecule has 0 aliphatic carbocycles. The van der Waals surface area contributed by atoms with Crippen LogP contribution in [0.4, 0.5) is 0 Å². The van der Waals surface area contributed by atoms with Gasteiger partial charge in [-0.3, -0.25) is 9.78 Å². The molecule has 0 saturated carbocycles. The van der Waals surface area contributed by atoms with Crippen LogP contribution in [0.1, 0.15) is 10.5 Å². The first kappa shape index (κ1) is 13.7. The second-order valence-electron chi connectivity index (χ2n) is 4.37. The molecule has 2 N–H and O–H groups in total. The molecule has 3 aromatic rings. The molecule has 0 fully saturated rings. The standard InChI is InChI=1S/C15H12N4O3/c1-21-11-6-5-9(8-18-11)15-19-12(14(16)20)13(22-15)10-4-2-3-7-17-10/h2-8H,1H3,(H2,16,20). The maximum atomic E-state index is 11.6. The Hall–Kier alpha value is -3.22. The van der Waals surface area contributed by atoms with Crippen LogP contribution in [0.25, 0.3) is 22.9 Å². The van der Waals surface area contributed by atoms with E-state index in [0.29, 0.717) is 17.1 Å². The van der Waals surface area contributed by atoms with Crippen molar-refractivity contribution in [1.82, 2.24) is 15.0 Å². The average molecular weight is 296 g/mol. The van der Waals surface area contributed by atoms with E-state index in [9.17, 15) is 4.79 Å². The average Bonchev–Trinajstić information content (AvgIpc) is 3.01. The summed E-state index contributed by atoms with van der Waals surface area (Å²) in [6, 6.07) is 8.65. The number of pyridine rings is 2. The van der Waals surface area contributed by atoms with Crippen molar-refractivity contribution < 1.29 is 13.9 Å². The predicted molar refractivity (Wildman–Crippen MR) is 78.0 cm³/mol. The van der Waals surface area contributed by atoms with E-state index < -0.39 is 5.91 Å². The van der Waals surface area contributed by atoms with Crippen molar-refractivity contribution in [3.63, 3.8) is 0 Å². The second-order valence-corrected chi connectivity index (χ2v) is 4.37. The summed E-state index contributed by atoms with van der Waals surface area (Å²) in [4.78, 5) is 24.0. The van der Waals surface area contributed by atoms with Gasteiger partial charge in [-0.05, 0) is 18.2 Å². The first-order valence-electron chi connectivity index (χ1n) is 6.41. The topological polar surface area (TPSA) is 104 Å². The number of hydrogen-bond acceptors (Lipinski definition) is 6. The number of primary amides is 1. The minimum atomic E-state index is -0.683. The summed E-state index contributed by atoms with van der Waals surface area (Å²) >= 11 is 0. The van der Waals surface area contributed by atoms with Gasteiger partial charge in [0.15, 0.2) is 11.5 Å². The van der Waals surface area contributed by atoms with Gasteiger partial charge in [0.2, 0.25) is 11.8 Å². The molecular weight excluding hydrogens is 284 g/mol. The Labute approximate surface area is 125 Å². The molecule has 22 heavy (non-hydrogen) atoms. The maximum Gasteiger partial charge on any atom is 0.271 e. The minimum Gasteiger partial charge on any atom is -0.481 e. The number of carbonyl (C=O) groups excluding carboxylic acids is 1. The van der Waals surface area contributed by atoms with Gasteiger partial charge in [-0.1, -0.05) is 6.07 Å². The van der Waals surface area contributed by atoms with E-state index in [0.717, 1.165) is 0 Å². The first-order chi connectivity index (χ1) is 10.7. The molecule has 1 amide bonds. The van der Waals surface area contributed by atoms with E-state index in [-0.39, 0.29) is 17.3 Å². The highest BCUT2D eigenvalue weighted by Crippen LogP contribution is 2.28. The zero-order valence-electron chi connectivity index (χ0n) is 11.7. The molecule has 3 aromatic heterocycles. The molecule has 3 heterocycles. The van der Waals surface area contributed by atoms with Gasteiger partial charge in [0, 0.05) is 18.5 Å². The van der Waals surface area contributed by atoms with Crippen molar-refractivity contribution in [2.75, 3.05) is 7.11 Å². The van der Waals surface area contributed by atoms with Gasteiger partial charge in [-0.15, -0.1) is 0 Å². The lowest BCUT2D eigenvalue weighted by atomic mass is 10.2. The smallest absolute Gasteiger partial charge is 0.271 e. The summed E-state index contributed by atoms with van der Waals surface area (Å²) in [5, 5.41) is 0. The number of nitrogens with two attached hydrogens (primary N) is 1. The fraction of sp³-hybridized carbons (Fsp3) is 0.0667. The number of nitrogens with zero attached hydrogens (tertiary/aromatic N) is 3. The number of methoxy groups -OCH3 is 1. The van der Waals surface area contributed by atoms with E-state index in [1.165, 1.54) is 13.3 Å². The van der Waals surface area contributed by atoms with Crippen LogP contribution in [-0.4, -0.2) is 28.0 Å². The fourth-order valence-corrected chi connectivity index (χ4v) is 1.91. The maximum absolute atomic E-state index is 11.6. The van der Waals surface area contributed by atoms with Crippen LogP contribution < -0.4 is 10.5 Å². The van der Waals surface area contributed by atoms with Gasteiger partial charge >= 0.3 is 0 Å². The van der Waals surface area contributed by atoms with Crippen molar-refractivity contribution in [3.05, 3.63) is 48.4 Å². The number of ether oxygens (including phenoxy) is 1. The van der Waals surface area contributed by atoms with Gasteiger partial charge in [0.05, 0.1) is 12.7 Å². The van der Waals surface area contributed by atoms with Crippen LogP contribution in [0.15, 0.2) is 47.1 Å². The van der Waals surface area contributed by atoms with E-state index in [1.54, 1.807) is 36.5 Å². The molecular formula is C15H12N4O3. The third-order valence-corrected chi connectivity index (χ3v) is 2.95. The molecule has 0 aromatic carbocycles. The summed E-state index contributed by atoms with van der Waals surface area (Å²) in [5.74, 6) is 0.260. The number of rotatable bonds is 4. The summed E-state index contributed by atoms with van der Waals surface area (Å²) < 4.78 is 10.7. The van der Waals surface area contributed by atoms with Crippen molar-refractivity contribution in [2.45, 2.75) is 0 Å². The normalized spacial score (nSPS) is 10.4. The van der Waals surface area contributed by atoms with Crippen molar-refractivity contribution >= 4 is 5.91 Å². The highest BCUT2D eigenvalue weighted by Gasteiger charge is 2.21. The lowest BCUT2D eigenvalue weighted by Crippen LogP contribution is -2.12. The number of amides is 1. The zero-order chi connectivity index (χ0) is 15.5. The third kappa shape index (κ3) is 2.51. The molecule has 0 atom stereocenters. The van der Waals surface area contributed by atoms with E-state index in [4.69, 9.17) is 14.9 Å². The lowest BCUT2D eigenvalue weighted by molar-refractivity contribution is 0.0996.